The van der Waals surface area contributed by atoms with E-state index in [1.807, 2.05) is 0 Å². The summed E-state index contributed by atoms with van der Waals surface area (Å²) in [5, 5.41) is 5.27. The zero-order valence-corrected chi connectivity index (χ0v) is 17.4. The number of ether oxygens (including phenoxy) is 3. The molecule has 1 saturated heterocycles. The molecule has 0 aromatic carbocycles. The number of hydrogen-bond donors (Lipinski definition) is 2. The van der Waals surface area contributed by atoms with Crippen molar-refractivity contribution in [3.05, 3.63) is 0 Å². The Labute approximate surface area is 160 Å². The number of rotatable bonds is 9. The standard InChI is InChI=1S/C13H23BrClN2O7P/c1-8(18)21-7-12-11(22-9(2)19)6-10(14)13(23-12)24-25(20,16-3)17-5-4-15/h10-13H,4-7H2,1-3H3,(H2,16,17,20). The molecule has 1 rings (SSSR count). The molecule has 2 N–H and O–H groups in total. The van der Waals surface area contributed by atoms with Crippen molar-refractivity contribution in [2.45, 2.75) is 43.6 Å². The maximum Gasteiger partial charge on any atom is 0.342 e. The molecule has 1 aliphatic rings. The number of esters is 2. The van der Waals surface area contributed by atoms with Gasteiger partial charge in [-0.2, -0.15) is 0 Å². The third-order valence-corrected chi connectivity index (χ3v) is 5.93. The first-order valence-corrected chi connectivity index (χ1v) is 10.7. The molecule has 12 heteroatoms. The normalized spacial score (nSPS) is 28.8. The van der Waals surface area contributed by atoms with Crippen molar-refractivity contribution in [2.75, 3.05) is 26.1 Å². The summed E-state index contributed by atoms with van der Waals surface area (Å²) in [6.07, 6.45) is -1.97. The van der Waals surface area contributed by atoms with Gasteiger partial charge in [-0.3, -0.25) is 18.7 Å². The Morgan fingerprint density at radius 3 is 2.56 bits per heavy atom. The van der Waals surface area contributed by atoms with E-state index in [0.717, 1.165) is 0 Å². The van der Waals surface area contributed by atoms with Crippen molar-refractivity contribution in [3.63, 3.8) is 0 Å². The van der Waals surface area contributed by atoms with Gasteiger partial charge in [0.05, 0.1) is 4.83 Å². The second kappa shape index (κ2) is 10.8. The number of alkyl halides is 2. The van der Waals surface area contributed by atoms with Gasteiger partial charge in [0.2, 0.25) is 0 Å². The number of carbonyl (C=O) groups is 2. The van der Waals surface area contributed by atoms with E-state index in [2.05, 4.69) is 26.1 Å². The van der Waals surface area contributed by atoms with E-state index in [9.17, 15) is 14.2 Å². The molecule has 1 heterocycles. The summed E-state index contributed by atoms with van der Waals surface area (Å²) < 4.78 is 34.1. The third-order valence-electron chi connectivity index (χ3n) is 3.21. The second-order valence-corrected chi connectivity index (χ2v) is 8.85. The third kappa shape index (κ3) is 7.90. The molecule has 0 spiro atoms. The molecule has 5 atom stereocenters. The van der Waals surface area contributed by atoms with E-state index in [1.165, 1.54) is 20.9 Å². The van der Waals surface area contributed by atoms with E-state index in [1.54, 1.807) is 0 Å². The van der Waals surface area contributed by atoms with Crippen LogP contribution in [0.2, 0.25) is 0 Å². The van der Waals surface area contributed by atoms with Crippen LogP contribution in [0, 0.1) is 0 Å². The molecule has 0 aromatic heterocycles. The summed E-state index contributed by atoms with van der Waals surface area (Å²) in [5.74, 6) is -0.722. The van der Waals surface area contributed by atoms with Crippen LogP contribution in [-0.2, 0) is 32.9 Å². The molecule has 0 aliphatic carbocycles. The molecule has 0 saturated carbocycles. The van der Waals surface area contributed by atoms with Crippen LogP contribution in [0.1, 0.15) is 20.3 Å². The van der Waals surface area contributed by atoms with Gasteiger partial charge >= 0.3 is 19.6 Å². The van der Waals surface area contributed by atoms with Crippen molar-refractivity contribution < 1.29 is 32.9 Å². The molecule has 1 fully saturated rings. The summed E-state index contributed by atoms with van der Waals surface area (Å²) in [6, 6.07) is 0. The second-order valence-electron chi connectivity index (χ2n) is 5.22. The maximum atomic E-state index is 12.6. The van der Waals surface area contributed by atoms with E-state index < -0.39 is 42.9 Å². The van der Waals surface area contributed by atoms with E-state index in [4.69, 9.17) is 30.3 Å². The Bertz CT molecular complexity index is 513. The Morgan fingerprint density at radius 1 is 1.36 bits per heavy atom. The van der Waals surface area contributed by atoms with Gasteiger partial charge in [-0.15, -0.1) is 11.6 Å². The molecular formula is C13H23BrClN2O7P. The molecule has 146 valence electrons. The SMILES string of the molecule is CNP(=O)(NCCCl)OC1OC(COC(C)=O)C(OC(C)=O)CC1Br. The van der Waals surface area contributed by atoms with Gasteiger partial charge < -0.3 is 14.2 Å². The molecule has 9 nitrogen and oxygen atoms in total. The van der Waals surface area contributed by atoms with Gasteiger partial charge in [-0.1, -0.05) is 15.9 Å². The van der Waals surface area contributed by atoms with Gasteiger partial charge in [-0.25, -0.2) is 10.2 Å². The number of halogens is 2. The van der Waals surface area contributed by atoms with E-state index in [-0.39, 0.29) is 19.0 Å². The first-order valence-electron chi connectivity index (χ1n) is 7.59. The van der Waals surface area contributed by atoms with Crippen LogP contribution in [-0.4, -0.2) is 61.3 Å². The van der Waals surface area contributed by atoms with Crippen LogP contribution < -0.4 is 10.2 Å². The molecular weight excluding hydrogens is 442 g/mol. The molecule has 5 unspecified atom stereocenters. The predicted molar refractivity (Wildman–Crippen MR) is 94.7 cm³/mol. The summed E-state index contributed by atoms with van der Waals surface area (Å²) in [5.41, 5.74) is 0. The lowest BCUT2D eigenvalue weighted by Gasteiger charge is -2.39. The van der Waals surface area contributed by atoms with Crippen LogP contribution >= 0.6 is 35.2 Å². The van der Waals surface area contributed by atoms with Crippen molar-refractivity contribution in [1.82, 2.24) is 10.2 Å². The zero-order valence-electron chi connectivity index (χ0n) is 14.2. The first kappa shape index (κ1) is 22.8. The average molecular weight is 466 g/mol. The highest BCUT2D eigenvalue weighted by Gasteiger charge is 2.42. The Hall–Kier alpha value is -0.220. The Balaban J connectivity index is 2.82. The molecule has 0 amide bonds. The lowest BCUT2D eigenvalue weighted by atomic mass is 10.1. The summed E-state index contributed by atoms with van der Waals surface area (Å²) in [7, 11) is -1.91. The number of nitrogens with one attached hydrogen (secondary N) is 2. The molecule has 0 aromatic rings. The van der Waals surface area contributed by atoms with Gasteiger partial charge in [0, 0.05) is 32.7 Å². The zero-order chi connectivity index (χ0) is 19.0. The van der Waals surface area contributed by atoms with Crippen LogP contribution in [0.15, 0.2) is 0 Å². The van der Waals surface area contributed by atoms with Crippen molar-refractivity contribution >= 4 is 47.1 Å². The van der Waals surface area contributed by atoms with Crippen molar-refractivity contribution in [1.29, 1.82) is 0 Å². The van der Waals surface area contributed by atoms with Crippen LogP contribution in [0.5, 0.6) is 0 Å². The molecule has 1 aliphatic heterocycles. The van der Waals surface area contributed by atoms with E-state index in [0.29, 0.717) is 6.42 Å². The van der Waals surface area contributed by atoms with Crippen LogP contribution in [0.3, 0.4) is 0 Å². The van der Waals surface area contributed by atoms with Gasteiger partial charge in [0.1, 0.15) is 18.8 Å². The van der Waals surface area contributed by atoms with Gasteiger partial charge in [0.15, 0.2) is 6.29 Å². The fourth-order valence-corrected chi connectivity index (χ4v) is 4.34. The molecule has 0 bridgehead atoms. The summed E-state index contributed by atoms with van der Waals surface area (Å²) in [4.78, 5) is 21.9. The minimum Gasteiger partial charge on any atom is -0.463 e. The maximum absolute atomic E-state index is 12.6. The van der Waals surface area contributed by atoms with Crippen molar-refractivity contribution in [3.8, 4) is 0 Å². The highest BCUT2D eigenvalue weighted by atomic mass is 79.9. The lowest BCUT2D eigenvalue weighted by Crippen LogP contribution is -2.50. The molecule has 0 radical (unpaired) electrons. The predicted octanol–water partition coefficient (Wildman–Crippen LogP) is 1.53. The summed E-state index contributed by atoms with van der Waals surface area (Å²) in [6.45, 7) is 2.69. The smallest absolute Gasteiger partial charge is 0.342 e. The Morgan fingerprint density at radius 2 is 2.04 bits per heavy atom. The number of hydrogen-bond acceptors (Lipinski definition) is 7. The topological polar surface area (TPSA) is 112 Å². The first-order chi connectivity index (χ1) is 11.7. The minimum atomic E-state index is -3.39. The minimum absolute atomic E-state index is 0.119. The van der Waals surface area contributed by atoms with Gasteiger partial charge in [0.25, 0.3) is 0 Å². The van der Waals surface area contributed by atoms with E-state index >= 15 is 0 Å². The van der Waals surface area contributed by atoms with Crippen molar-refractivity contribution in [2.24, 2.45) is 0 Å². The average Bonchev–Trinajstić information content (AvgIpc) is 2.53. The highest BCUT2D eigenvalue weighted by molar-refractivity contribution is 9.09. The highest BCUT2D eigenvalue weighted by Crippen LogP contribution is 2.42. The Kier molecular flexibility index (Phi) is 9.87. The monoisotopic (exact) mass is 464 g/mol. The fourth-order valence-electron chi connectivity index (χ4n) is 2.11. The van der Waals surface area contributed by atoms with Gasteiger partial charge in [-0.05, 0) is 7.05 Å². The largest absolute Gasteiger partial charge is 0.463 e. The molecule has 25 heavy (non-hydrogen) atoms. The fraction of sp³-hybridized carbons (Fsp3) is 0.846. The lowest BCUT2D eigenvalue weighted by molar-refractivity contribution is -0.209. The summed E-state index contributed by atoms with van der Waals surface area (Å²) >= 11 is 8.98. The quantitative estimate of drug-likeness (QED) is 0.297. The van der Waals surface area contributed by atoms with Crippen LogP contribution in [0.4, 0.5) is 0 Å². The number of carbonyl (C=O) groups excluding carboxylic acids is 2. The van der Waals surface area contributed by atoms with Crippen LogP contribution in [0.25, 0.3) is 0 Å².